The van der Waals surface area contributed by atoms with Crippen LogP contribution in [0.15, 0.2) is 24.3 Å². The number of aliphatic hydroxyl groups is 9. The molecule has 46 heavy (non-hydrogen) atoms. The molecule has 0 unspecified atom stereocenters. The van der Waals surface area contributed by atoms with E-state index in [0.29, 0.717) is 5.56 Å². The van der Waals surface area contributed by atoms with Crippen molar-refractivity contribution in [3.05, 3.63) is 29.8 Å². The second-order valence-corrected chi connectivity index (χ2v) is 11.0. The van der Waals surface area contributed by atoms with Gasteiger partial charge in [0.25, 0.3) is 0 Å². The number of aliphatic hydroxyl groups excluding tert-OH is 9. The van der Waals surface area contributed by atoms with E-state index in [4.69, 9.17) is 33.2 Å². The number of benzene rings is 1. The minimum Gasteiger partial charge on any atom is -0.504 e. The average Bonchev–Trinajstić information content (AvgIpc) is 3.29. The quantitative estimate of drug-likeness (QED) is 0.0743. The standard InChI is InChI=1S/C28H40O18/c1-40-15-6-12(2-4-13(15)32)3-5-19(34)41-10-18-25(44-27-24(38)23(37)21(35)16(8-29)43-27)14(33)7-20(42-18)46-28(11-31)26(39)22(36)17(9-30)45-28/h2-6,14,16-18,20-27,29-33,35-39H,7-11H2,1H3/t14-,16-,17-,18-,20-,21-,22-,23+,24-,25+,26+,27+,28+/m1/s1. The van der Waals surface area contributed by atoms with Gasteiger partial charge in [0.2, 0.25) is 5.79 Å². The van der Waals surface area contributed by atoms with E-state index < -0.39 is 118 Å². The third kappa shape index (κ3) is 7.77. The molecule has 0 spiro atoms. The summed E-state index contributed by atoms with van der Waals surface area (Å²) in [7, 11) is 1.35. The van der Waals surface area contributed by atoms with E-state index >= 15 is 0 Å². The van der Waals surface area contributed by atoms with Gasteiger partial charge in [-0.3, -0.25) is 0 Å². The largest absolute Gasteiger partial charge is 0.504 e. The van der Waals surface area contributed by atoms with Gasteiger partial charge in [-0.05, 0) is 23.8 Å². The summed E-state index contributed by atoms with van der Waals surface area (Å²) in [6.45, 7) is -3.11. The van der Waals surface area contributed by atoms with Crippen LogP contribution in [0.1, 0.15) is 12.0 Å². The Hall–Kier alpha value is -2.53. The lowest BCUT2D eigenvalue weighted by Gasteiger charge is -2.45. The molecule has 4 rings (SSSR count). The molecule has 0 aliphatic carbocycles. The van der Waals surface area contributed by atoms with Crippen molar-refractivity contribution in [3.63, 3.8) is 0 Å². The van der Waals surface area contributed by atoms with Gasteiger partial charge in [0.05, 0.1) is 26.4 Å². The van der Waals surface area contributed by atoms with Crippen LogP contribution in [0.3, 0.4) is 0 Å². The highest BCUT2D eigenvalue weighted by Gasteiger charge is 2.57. The summed E-state index contributed by atoms with van der Waals surface area (Å²) >= 11 is 0. The average molecular weight is 665 g/mol. The Labute approximate surface area is 262 Å². The van der Waals surface area contributed by atoms with Crippen LogP contribution in [0.25, 0.3) is 6.08 Å². The van der Waals surface area contributed by atoms with Gasteiger partial charge in [0.1, 0.15) is 68.1 Å². The van der Waals surface area contributed by atoms with Crippen molar-refractivity contribution in [2.24, 2.45) is 0 Å². The van der Waals surface area contributed by atoms with Crippen LogP contribution in [-0.4, -0.2) is 170 Å². The molecule has 0 aromatic heterocycles. The van der Waals surface area contributed by atoms with Gasteiger partial charge in [0, 0.05) is 12.5 Å². The molecular formula is C28H40O18. The maximum Gasteiger partial charge on any atom is 0.330 e. The fourth-order valence-corrected chi connectivity index (χ4v) is 5.30. The molecule has 3 fully saturated rings. The molecule has 0 bridgehead atoms. The summed E-state index contributed by atoms with van der Waals surface area (Å²) in [5.74, 6) is -3.13. The maximum atomic E-state index is 12.6. The Bertz CT molecular complexity index is 1180. The van der Waals surface area contributed by atoms with Crippen LogP contribution in [0.4, 0.5) is 0 Å². The fourth-order valence-electron chi connectivity index (χ4n) is 5.30. The molecule has 13 atom stereocenters. The maximum absolute atomic E-state index is 12.6. The van der Waals surface area contributed by atoms with E-state index in [1.807, 2.05) is 0 Å². The van der Waals surface area contributed by atoms with Crippen molar-refractivity contribution in [1.29, 1.82) is 0 Å². The first kappa shape index (κ1) is 36.3. The van der Waals surface area contributed by atoms with Gasteiger partial charge >= 0.3 is 5.97 Å². The lowest BCUT2D eigenvalue weighted by Crippen LogP contribution is -2.62. The SMILES string of the molecule is COc1cc(C=CC(=O)OC[C@H]2O[C@H](O[C@]3(CO)O[C@H](CO)[C@@H](O)[C@@H]3O)C[C@@H](O)[C@@H]2O[C@@H]2O[C@H](CO)[C@@H](O)[C@H](O)[C@H]2O)ccc1O. The zero-order valence-electron chi connectivity index (χ0n) is 24.6. The van der Waals surface area contributed by atoms with Crippen molar-refractivity contribution in [2.75, 3.05) is 33.5 Å². The molecular weight excluding hydrogens is 624 g/mol. The minimum atomic E-state index is -2.28. The molecule has 260 valence electrons. The molecule has 0 amide bonds. The molecule has 18 heteroatoms. The molecule has 10 N–H and O–H groups in total. The van der Waals surface area contributed by atoms with Crippen LogP contribution in [0.5, 0.6) is 11.5 Å². The van der Waals surface area contributed by atoms with Crippen molar-refractivity contribution in [1.82, 2.24) is 0 Å². The van der Waals surface area contributed by atoms with E-state index in [1.54, 1.807) is 0 Å². The van der Waals surface area contributed by atoms with E-state index in [2.05, 4.69) is 0 Å². The molecule has 0 radical (unpaired) electrons. The highest BCUT2D eigenvalue weighted by Crippen LogP contribution is 2.37. The number of esters is 1. The molecule has 1 aromatic carbocycles. The van der Waals surface area contributed by atoms with Crippen molar-refractivity contribution in [2.45, 2.75) is 85.8 Å². The smallest absolute Gasteiger partial charge is 0.330 e. The summed E-state index contributed by atoms with van der Waals surface area (Å²) in [4.78, 5) is 12.6. The van der Waals surface area contributed by atoms with Crippen molar-refractivity contribution < 1.29 is 89.0 Å². The van der Waals surface area contributed by atoms with Gasteiger partial charge < -0.3 is 84.2 Å². The Morgan fingerprint density at radius 1 is 0.957 bits per heavy atom. The number of methoxy groups -OCH3 is 1. The number of carbonyl (C=O) groups excluding carboxylic acids is 1. The van der Waals surface area contributed by atoms with E-state index in [-0.39, 0.29) is 11.5 Å². The summed E-state index contributed by atoms with van der Waals surface area (Å²) in [6, 6.07) is 4.32. The Morgan fingerprint density at radius 3 is 2.30 bits per heavy atom. The van der Waals surface area contributed by atoms with E-state index in [1.165, 1.54) is 31.4 Å². The number of aromatic hydroxyl groups is 1. The highest BCUT2D eigenvalue weighted by atomic mass is 16.8. The van der Waals surface area contributed by atoms with Gasteiger partial charge in [-0.15, -0.1) is 0 Å². The first-order chi connectivity index (χ1) is 21.9. The lowest BCUT2D eigenvalue weighted by atomic mass is 9.98. The topological polar surface area (TPSA) is 284 Å². The molecule has 1 aromatic rings. The number of carbonyl (C=O) groups is 1. The summed E-state index contributed by atoms with van der Waals surface area (Å²) in [5.41, 5.74) is 0.473. The number of hydrogen-bond acceptors (Lipinski definition) is 18. The van der Waals surface area contributed by atoms with Gasteiger partial charge in [-0.25, -0.2) is 4.79 Å². The van der Waals surface area contributed by atoms with Gasteiger partial charge in [0.15, 0.2) is 24.1 Å². The summed E-state index contributed by atoms with van der Waals surface area (Å²) < 4.78 is 38.3. The van der Waals surface area contributed by atoms with Crippen LogP contribution < -0.4 is 4.74 Å². The molecule has 3 saturated heterocycles. The number of rotatable bonds is 12. The van der Waals surface area contributed by atoms with Crippen LogP contribution in [-0.2, 0) is 33.2 Å². The minimum absolute atomic E-state index is 0.114. The summed E-state index contributed by atoms with van der Waals surface area (Å²) in [5, 5.41) is 101. The zero-order valence-corrected chi connectivity index (χ0v) is 24.6. The Morgan fingerprint density at radius 2 is 1.67 bits per heavy atom. The van der Waals surface area contributed by atoms with Gasteiger partial charge in [-0.1, -0.05) is 6.07 Å². The van der Waals surface area contributed by atoms with Crippen molar-refractivity contribution >= 4 is 12.0 Å². The predicted octanol–water partition coefficient (Wildman–Crippen LogP) is -4.56. The van der Waals surface area contributed by atoms with Crippen LogP contribution >= 0.6 is 0 Å². The third-order valence-electron chi connectivity index (χ3n) is 7.89. The normalized spacial score (nSPS) is 39.9. The molecule has 3 aliphatic rings. The fraction of sp³-hybridized carbons (Fsp3) is 0.679. The first-order valence-corrected chi connectivity index (χ1v) is 14.3. The lowest BCUT2D eigenvalue weighted by molar-refractivity contribution is -0.379. The second-order valence-electron chi connectivity index (χ2n) is 11.0. The number of ether oxygens (including phenoxy) is 7. The summed E-state index contributed by atoms with van der Waals surface area (Å²) in [6.07, 6.45) is -17.2. The number of phenols is 1. The van der Waals surface area contributed by atoms with E-state index in [0.717, 1.165) is 6.08 Å². The van der Waals surface area contributed by atoms with Crippen LogP contribution in [0, 0.1) is 0 Å². The Kier molecular flexibility index (Phi) is 12.3. The molecule has 0 saturated carbocycles. The zero-order chi connectivity index (χ0) is 33.8. The predicted molar refractivity (Wildman–Crippen MR) is 147 cm³/mol. The third-order valence-corrected chi connectivity index (χ3v) is 7.89. The number of phenolic OH excluding ortho intramolecular Hbond substituents is 1. The first-order valence-electron chi connectivity index (χ1n) is 14.3. The monoisotopic (exact) mass is 664 g/mol. The molecule has 18 nitrogen and oxygen atoms in total. The molecule has 3 heterocycles. The number of hydrogen-bond donors (Lipinski definition) is 10. The van der Waals surface area contributed by atoms with Gasteiger partial charge in [-0.2, -0.15) is 0 Å². The molecule has 3 aliphatic heterocycles. The van der Waals surface area contributed by atoms with Crippen molar-refractivity contribution in [3.8, 4) is 11.5 Å². The van der Waals surface area contributed by atoms with Crippen LogP contribution in [0.2, 0.25) is 0 Å². The Balaban J connectivity index is 1.51. The van der Waals surface area contributed by atoms with E-state index in [9.17, 15) is 55.9 Å². The highest BCUT2D eigenvalue weighted by molar-refractivity contribution is 5.87. The second kappa shape index (κ2) is 15.6.